The van der Waals surface area contributed by atoms with Crippen LogP contribution in [0, 0.1) is 0 Å². The third kappa shape index (κ3) is 5.41. The van der Waals surface area contributed by atoms with Crippen molar-refractivity contribution >= 4 is 5.78 Å². The topological polar surface area (TPSA) is 40.1 Å². The van der Waals surface area contributed by atoms with Crippen molar-refractivity contribution in [2.24, 2.45) is 0 Å². The maximum Gasteiger partial charge on any atom is 4.00 e. The third-order valence-corrected chi connectivity index (χ3v) is 0.821. The van der Waals surface area contributed by atoms with Crippen LogP contribution in [0.2, 0.25) is 0 Å². The molecule has 0 heterocycles. The Morgan fingerprint density at radius 1 is 1.00 bits per heavy atom. The summed E-state index contributed by atoms with van der Waals surface area (Å²) in [5.41, 5.74) is 0. The number of carbonyl (C=O) groups is 1. The Labute approximate surface area is 92.7 Å². The molecule has 0 spiro atoms. The second-order valence-corrected chi connectivity index (χ2v) is 1.87. The van der Waals surface area contributed by atoms with Crippen LogP contribution in [0.4, 0.5) is 26.3 Å². The largest absolute Gasteiger partial charge is 4.00 e. The average Bonchev–Trinajstić information content (AvgIpc) is 1.82. The number of alkyl halides is 6. The summed E-state index contributed by atoms with van der Waals surface area (Å²) in [4.78, 5) is 9.82. The molecule has 0 unspecified atom stereocenters. The molecule has 76 valence electrons. The average molecular weight is 298 g/mol. The van der Waals surface area contributed by atoms with Gasteiger partial charge in [0.1, 0.15) is 0 Å². The van der Waals surface area contributed by atoms with Gasteiger partial charge in [-0.3, -0.25) is 4.79 Å². The van der Waals surface area contributed by atoms with E-state index < -0.39 is 30.0 Å². The Morgan fingerprint density at radius 3 is 1.57 bits per heavy atom. The van der Waals surface area contributed by atoms with Crippen molar-refractivity contribution < 1.29 is 62.4 Å². The summed E-state index contributed by atoms with van der Waals surface area (Å²) in [5.74, 6) is -5.65. The molecular weight excluding hydrogens is 297 g/mol. The smallest absolute Gasteiger partial charge is 0.869 e. The predicted octanol–water partition coefficient (Wildman–Crippen LogP) is 0.922. The Kier molecular flexibility index (Phi) is 5.70. The molecule has 2 nitrogen and oxygen atoms in total. The van der Waals surface area contributed by atoms with Crippen LogP contribution < -0.4 is 5.11 Å². The van der Waals surface area contributed by atoms with Crippen molar-refractivity contribution in [2.45, 2.75) is 12.4 Å². The van der Waals surface area contributed by atoms with Gasteiger partial charge in [0.25, 0.3) is 5.78 Å². The van der Waals surface area contributed by atoms with Gasteiger partial charge in [-0.25, -0.2) is 0 Å². The van der Waals surface area contributed by atoms with Crippen molar-refractivity contribution in [3.63, 3.8) is 0 Å². The van der Waals surface area contributed by atoms with E-state index in [0.717, 1.165) is 0 Å². The summed E-state index contributed by atoms with van der Waals surface area (Å²) in [7, 11) is 0. The zero-order chi connectivity index (χ0) is 10.9. The van der Waals surface area contributed by atoms with Gasteiger partial charge in [-0.05, 0) is 11.8 Å². The van der Waals surface area contributed by atoms with Crippen molar-refractivity contribution in [1.82, 2.24) is 0 Å². The molecule has 14 heavy (non-hydrogen) atoms. The first-order chi connectivity index (χ1) is 5.55. The van der Waals surface area contributed by atoms with Crippen LogP contribution in [-0.2, 0) is 31.0 Å². The Morgan fingerprint density at radius 2 is 1.36 bits per heavy atom. The van der Waals surface area contributed by atoms with Gasteiger partial charge in [-0.1, -0.05) is 0 Å². The summed E-state index contributed by atoms with van der Waals surface area (Å²) >= 11 is 0. The van der Waals surface area contributed by atoms with Crippen LogP contribution >= 0.6 is 0 Å². The van der Waals surface area contributed by atoms with E-state index >= 15 is 0 Å². The first kappa shape index (κ1) is 16.1. The molecule has 0 bridgehead atoms. The van der Waals surface area contributed by atoms with Crippen molar-refractivity contribution in [2.75, 3.05) is 0 Å². The maximum atomic E-state index is 11.3. The van der Waals surface area contributed by atoms with E-state index in [1.807, 2.05) is 0 Å². The van der Waals surface area contributed by atoms with Gasteiger partial charge in [0.05, 0.1) is 0 Å². The number of hydrogen-bond donors (Lipinski definition) is 0. The molecule has 0 saturated heterocycles. The van der Waals surface area contributed by atoms with E-state index in [4.69, 9.17) is 0 Å². The standard InChI is InChI=1S/C5H2F6O2.Zr/c6-4(7,8)2(12)1-3(13)5(9,10)11;/h1,12H;/q;+4/p-1/b2-1-;. The second kappa shape index (κ2) is 4.95. The zero-order valence-electron chi connectivity index (χ0n) is 6.16. The van der Waals surface area contributed by atoms with Gasteiger partial charge in [-0.2, -0.15) is 26.3 Å². The van der Waals surface area contributed by atoms with E-state index in [9.17, 15) is 36.2 Å². The molecule has 9 heteroatoms. The van der Waals surface area contributed by atoms with E-state index in [1.165, 1.54) is 0 Å². The molecule has 0 saturated carbocycles. The van der Waals surface area contributed by atoms with Crippen molar-refractivity contribution in [1.29, 1.82) is 0 Å². The van der Waals surface area contributed by atoms with Gasteiger partial charge >= 0.3 is 38.6 Å². The van der Waals surface area contributed by atoms with Crippen LogP contribution in [-0.4, -0.2) is 18.1 Å². The molecule has 0 aromatic rings. The fourth-order valence-electron chi connectivity index (χ4n) is 0.283. The molecule has 0 fully saturated rings. The molecule has 0 N–H and O–H groups in total. The fourth-order valence-corrected chi connectivity index (χ4v) is 0.283. The van der Waals surface area contributed by atoms with E-state index in [2.05, 4.69) is 0 Å². The number of rotatable bonds is 1. The number of ketones is 1. The number of allylic oxidation sites excluding steroid dienone is 2. The number of carbonyl (C=O) groups excluding carboxylic acids is 1. The predicted molar refractivity (Wildman–Crippen MR) is 25.2 cm³/mol. The fraction of sp³-hybridized carbons (Fsp3) is 0.400. The van der Waals surface area contributed by atoms with Crippen molar-refractivity contribution in [3.05, 3.63) is 11.8 Å². The third-order valence-electron chi connectivity index (χ3n) is 0.821. The summed E-state index contributed by atoms with van der Waals surface area (Å²) in [6.45, 7) is 0. The summed E-state index contributed by atoms with van der Waals surface area (Å²) in [6, 6.07) is 0. The summed E-state index contributed by atoms with van der Waals surface area (Å²) < 4.78 is 67.8. The second-order valence-electron chi connectivity index (χ2n) is 1.87. The van der Waals surface area contributed by atoms with E-state index in [-0.39, 0.29) is 26.2 Å². The zero-order valence-corrected chi connectivity index (χ0v) is 8.62. The summed E-state index contributed by atoms with van der Waals surface area (Å²) in [6.07, 6.45) is -11.9. The Hall–Kier alpha value is -0.327. The molecule has 0 aliphatic rings. The monoisotopic (exact) mass is 297 g/mol. The molecule has 0 atom stereocenters. The van der Waals surface area contributed by atoms with Crippen LogP contribution in [0.1, 0.15) is 0 Å². The van der Waals surface area contributed by atoms with Gasteiger partial charge < -0.3 is 5.11 Å². The summed E-state index contributed by atoms with van der Waals surface area (Å²) in [5, 5.41) is 9.82. The van der Waals surface area contributed by atoms with Gasteiger partial charge in [0.2, 0.25) is 0 Å². The minimum absolute atomic E-state index is 0. The minimum atomic E-state index is -5.46. The van der Waals surface area contributed by atoms with E-state index in [0.29, 0.717) is 0 Å². The first-order valence-electron chi connectivity index (χ1n) is 2.62. The molecule has 0 aliphatic heterocycles. The number of hydrogen-bond acceptors (Lipinski definition) is 2. The van der Waals surface area contributed by atoms with Crippen LogP contribution in [0.15, 0.2) is 11.8 Å². The Bertz CT molecular complexity index is 240. The molecule has 0 aromatic heterocycles. The quantitative estimate of drug-likeness (QED) is 0.410. The minimum Gasteiger partial charge on any atom is -0.869 e. The molecule has 0 aromatic carbocycles. The van der Waals surface area contributed by atoms with Crippen molar-refractivity contribution in [3.8, 4) is 0 Å². The molecule has 0 radical (unpaired) electrons. The van der Waals surface area contributed by atoms with Gasteiger partial charge in [-0.15, -0.1) is 0 Å². The molecule has 0 amide bonds. The SMILES string of the molecule is O=C(/C=C(\[O-])C(F)(F)F)C(F)(F)F.[Zr+4]. The maximum absolute atomic E-state index is 11.3. The Balaban J connectivity index is 0. The molecular formula is C5HF6O2Zr+3. The van der Waals surface area contributed by atoms with Crippen LogP contribution in [0.5, 0.6) is 0 Å². The van der Waals surface area contributed by atoms with Crippen LogP contribution in [0.25, 0.3) is 0 Å². The molecule has 0 rings (SSSR count). The van der Waals surface area contributed by atoms with Crippen LogP contribution in [0.3, 0.4) is 0 Å². The van der Waals surface area contributed by atoms with Gasteiger partial charge in [0.15, 0.2) is 0 Å². The molecule has 0 aliphatic carbocycles. The normalized spacial score (nSPS) is 13.4. The van der Waals surface area contributed by atoms with Gasteiger partial charge in [0, 0.05) is 0 Å². The first-order valence-corrected chi connectivity index (χ1v) is 2.62. The number of halogens is 6. The van der Waals surface area contributed by atoms with E-state index in [1.54, 1.807) is 0 Å².